The number of benzene rings is 2. The van der Waals surface area contributed by atoms with Crippen molar-refractivity contribution in [3.05, 3.63) is 76.2 Å². The molecule has 1 aromatic heterocycles. The molecule has 3 aromatic rings. The predicted molar refractivity (Wildman–Crippen MR) is 105 cm³/mol. The van der Waals surface area contributed by atoms with Crippen molar-refractivity contribution in [2.24, 2.45) is 7.05 Å². The number of para-hydroxylation sites is 1. The van der Waals surface area contributed by atoms with E-state index in [0.29, 0.717) is 12.2 Å². The molecule has 3 rings (SSSR count). The van der Waals surface area contributed by atoms with Gasteiger partial charge in [-0.15, -0.1) is 0 Å². The lowest BCUT2D eigenvalue weighted by Gasteiger charge is -2.08. The van der Waals surface area contributed by atoms with Gasteiger partial charge < -0.3 is 15.4 Å². The highest BCUT2D eigenvalue weighted by atomic mass is 16.5. The third-order valence-corrected chi connectivity index (χ3v) is 4.38. The van der Waals surface area contributed by atoms with Crippen LogP contribution < -0.4 is 20.9 Å². The maximum atomic E-state index is 12.8. The molecule has 0 saturated carbocycles. The first-order valence-corrected chi connectivity index (χ1v) is 8.53. The van der Waals surface area contributed by atoms with E-state index in [9.17, 15) is 9.59 Å². The number of aromatic nitrogens is 2. The average molecular weight is 366 g/mol. The fourth-order valence-electron chi connectivity index (χ4n) is 2.83. The fraction of sp³-hybridized carbons (Fsp3) is 0.200. The number of hydrogen-bond acceptors (Lipinski definition) is 3. The van der Waals surface area contributed by atoms with Crippen molar-refractivity contribution in [3.63, 3.8) is 0 Å². The minimum atomic E-state index is -0.441. The van der Waals surface area contributed by atoms with E-state index in [-0.39, 0.29) is 11.2 Å². The Hall–Kier alpha value is -3.48. The normalized spacial score (nSPS) is 10.5. The minimum absolute atomic E-state index is 0.254. The Morgan fingerprint density at radius 3 is 2.56 bits per heavy atom. The van der Waals surface area contributed by atoms with Crippen molar-refractivity contribution in [1.29, 1.82) is 0 Å². The summed E-state index contributed by atoms with van der Waals surface area (Å²) in [5.74, 6) is 0.722. The second kappa shape index (κ2) is 7.82. The van der Waals surface area contributed by atoms with Gasteiger partial charge in [0.25, 0.3) is 5.56 Å². The monoisotopic (exact) mass is 366 g/mol. The molecule has 7 nitrogen and oxygen atoms in total. The molecular formula is C20H22N4O3. The van der Waals surface area contributed by atoms with E-state index >= 15 is 0 Å². The molecule has 0 unspecified atom stereocenters. The standard InChI is InChI=1S/C20H22N4O3/c1-14-18(19(25)24(23(14)2)16-9-5-4-6-10-16)22-20(26)21-13-15-8-7-11-17(12-15)27-3/h4-12H,13H2,1-3H3,(H2,21,22,26). The molecule has 0 aliphatic heterocycles. The molecule has 0 atom stereocenters. The van der Waals surface area contributed by atoms with Gasteiger partial charge in [-0.1, -0.05) is 30.3 Å². The quantitative estimate of drug-likeness (QED) is 0.729. The fourth-order valence-corrected chi connectivity index (χ4v) is 2.83. The van der Waals surface area contributed by atoms with Crippen molar-refractivity contribution < 1.29 is 9.53 Å². The van der Waals surface area contributed by atoms with E-state index in [2.05, 4.69) is 10.6 Å². The summed E-state index contributed by atoms with van der Waals surface area (Å²) in [6.45, 7) is 2.11. The molecule has 140 valence electrons. The lowest BCUT2D eigenvalue weighted by molar-refractivity contribution is 0.251. The van der Waals surface area contributed by atoms with Crippen LogP contribution in [0.5, 0.6) is 5.75 Å². The smallest absolute Gasteiger partial charge is 0.319 e. The molecule has 27 heavy (non-hydrogen) atoms. The Balaban J connectivity index is 1.75. The Kier molecular flexibility index (Phi) is 5.30. The van der Waals surface area contributed by atoms with E-state index in [4.69, 9.17) is 4.74 Å². The van der Waals surface area contributed by atoms with Crippen LogP contribution in [0.15, 0.2) is 59.4 Å². The SMILES string of the molecule is COc1cccc(CNC(=O)Nc2c(C)n(C)n(-c3ccccc3)c2=O)c1. The number of rotatable bonds is 5. The second-order valence-corrected chi connectivity index (χ2v) is 6.10. The number of carbonyl (C=O) groups is 1. The number of nitrogens with one attached hydrogen (secondary N) is 2. The molecule has 2 amide bonds. The molecule has 0 spiro atoms. The van der Waals surface area contributed by atoms with Crippen LogP contribution >= 0.6 is 0 Å². The van der Waals surface area contributed by atoms with Gasteiger partial charge in [0.1, 0.15) is 11.4 Å². The first-order valence-electron chi connectivity index (χ1n) is 8.53. The molecule has 0 aliphatic carbocycles. The number of nitrogens with zero attached hydrogens (tertiary/aromatic N) is 2. The highest BCUT2D eigenvalue weighted by Gasteiger charge is 2.17. The van der Waals surface area contributed by atoms with Gasteiger partial charge in [-0.3, -0.25) is 9.48 Å². The number of carbonyl (C=O) groups excluding carboxylic acids is 1. The van der Waals surface area contributed by atoms with Crippen LogP contribution in [0.3, 0.4) is 0 Å². The third-order valence-electron chi connectivity index (χ3n) is 4.38. The highest BCUT2D eigenvalue weighted by molar-refractivity contribution is 5.89. The Morgan fingerprint density at radius 1 is 1.11 bits per heavy atom. The van der Waals surface area contributed by atoms with Crippen LogP contribution in [0.25, 0.3) is 5.69 Å². The van der Waals surface area contributed by atoms with Gasteiger partial charge in [-0.2, -0.15) is 0 Å². The van der Waals surface area contributed by atoms with Crippen LogP contribution in [0.4, 0.5) is 10.5 Å². The predicted octanol–water partition coefficient (Wildman–Crippen LogP) is 2.81. The summed E-state index contributed by atoms with van der Waals surface area (Å²) in [7, 11) is 3.37. The summed E-state index contributed by atoms with van der Waals surface area (Å²) >= 11 is 0. The summed E-state index contributed by atoms with van der Waals surface area (Å²) in [5.41, 5.74) is 2.27. The minimum Gasteiger partial charge on any atom is -0.497 e. The number of ether oxygens (including phenoxy) is 1. The molecular weight excluding hydrogens is 344 g/mol. The zero-order valence-electron chi connectivity index (χ0n) is 15.5. The molecule has 0 fully saturated rings. The topological polar surface area (TPSA) is 77.3 Å². The number of methoxy groups -OCH3 is 1. The van der Waals surface area contributed by atoms with Crippen molar-refractivity contribution in [2.45, 2.75) is 13.5 Å². The summed E-state index contributed by atoms with van der Waals surface area (Å²) < 4.78 is 8.41. The second-order valence-electron chi connectivity index (χ2n) is 6.10. The molecule has 2 N–H and O–H groups in total. The maximum absolute atomic E-state index is 12.8. The largest absolute Gasteiger partial charge is 0.497 e. The lowest BCUT2D eigenvalue weighted by Crippen LogP contribution is -2.31. The number of urea groups is 1. The van der Waals surface area contributed by atoms with E-state index in [0.717, 1.165) is 17.0 Å². The van der Waals surface area contributed by atoms with Crippen LogP contribution in [-0.2, 0) is 13.6 Å². The Labute approximate surface area is 157 Å². The van der Waals surface area contributed by atoms with E-state index in [1.165, 1.54) is 4.68 Å². The summed E-state index contributed by atoms with van der Waals surface area (Å²) in [4.78, 5) is 25.1. The molecule has 1 heterocycles. The van der Waals surface area contributed by atoms with Crippen LogP contribution in [-0.4, -0.2) is 22.5 Å². The van der Waals surface area contributed by atoms with Gasteiger partial charge in [0.05, 0.1) is 18.5 Å². The number of hydrogen-bond donors (Lipinski definition) is 2. The van der Waals surface area contributed by atoms with E-state index < -0.39 is 6.03 Å². The summed E-state index contributed by atoms with van der Waals surface area (Å²) in [6.07, 6.45) is 0. The first-order chi connectivity index (χ1) is 13.0. The first kappa shape index (κ1) is 18.3. The summed E-state index contributed by atoms with van der Waals surface area (Å²) in [5, 5.41) is 5.43. The van der Waals surface area contributed by atoms with Gasteiger partial charge in [0.15, 0.2) is 0 Å². The van der Waals surface area contributed by atoms with Crippen molar-refractivity contribution in [2.75, 3.05) is 12.4 Å². The summed E-state index contributed by atoms with van der Waals surface area (Å²) in [6, 6.07) is 16.3. The van der Waals surface area contributed by atoms with Crippen LogP contribution in [0, 0.1) is 6.92 Å². The maximum Gasteiger partial charge on any atom is 0.319 e. The lowest BCUT2D eigenvalue weighted by atomic mass is 10.2. The third kappa shape index (κ3) is 3.87. The van der Waals surface area contributed by atoms with Crippen molar-refractivity contribution in [1.82, 2.24) is 14.7 Å². The van der Waals surface area contributed by atoms with Crippen LogP contribution in [0.1, 0.15) is 11.3 Å². The molecule has 7 heteroatoms. The number of anilines is 1. The van der Waals surface area contributed by atoms with Gasteiger partial charge in [-0.25, -0.2) is 9.48 Å². The van der Waals surface area contributed by atoms with E-state index in [1.54, 1.807) is 25.8 Å². The molecule has 0 aliphatic rings. The van der Waals surface area contributed by atoms with Gasteiger partial charge in [-0.05, 0) is 36.8 Å². The average Bonchev–Trinajstić information content (AvgIpc) is 2.90. The number of amides is 2. The molecule has 2 aromatic carbocycles. The van der Waals surface area contributed by atoms with Gasteiger partial charge >= 0.3 is 6.03 Å². The highest BCUT2D eigenvalue weighted by Crippen LogP contribution is 2.14. The van der Waals surface area contributed by atoms with Gasteiger partial charge in [0.2, 0.25) is 0 Å². The molecule has 0 radical (unpaired) electrons. The molecule has 0 bridgehead atoms. The van der Waals surface area contributed by atoms with Crippen LogP contribution in [0.2, 0.25) is 0 Å². The Bertz CT molecular complexity index is 1010. The van der Waals surface area contributed by atoms with Crippen molar-refractivity contribution in [3.8, 4) is 11.4 Å². The van der Waals surface area contributed by atoms with Gasteiger partial charge in [0, 0.05) is 13.6 Å². The Morgan fingerprint density at radius 2 is 1.85 bits per heavy atom. The van der Waals surface area contributed by atoms with Crippen molar-refractivity contribution >= 4 is 11.7 Å². The zero-order valence-corrected chi connectivity index (χ0v) is 15.5. The molecule has 0 saturated heterocycles. The van der Waals surface area contributed by atoms with E-state index in [1.807, 2.05) is 54.6 Å². The zero-order chi connectivity index (χ0) is 19.4.